The topological polar surface area (TPSA) is 41.1 Å². The average molecular weight is 314 g/mol. The van der Waals surface area contributed by atoms with E-state index in [0.29, 0.717) is 6.54 Å². The summed E-state index contributed by atoms with van der Waals surface area (Å²) in [5.41, 5.74) is 3.15. The summed E-state index contributed by atoms with van der Waals surface area (Å²) in [6.45, 7) is 7.09. The first-order chi connectivity index (χ1) is 10.8. The van der Waals surface area contributed by atoms with E-state index in [1.807, 2.05) is 12.1 Å². The Morgan fingerprint density at radius 2 is 1.61 bits per heavy atom. The van der Waals surface area contributed by atoms with Gasteiger partial charge in [0.05, 0.1) is 6.54 Å². The zero-order chi connectivity index (χ0) is 16.9. The van der Waals surface area contributed by atoms with Crippen LogP contribution >= 0.6 is 0 Å². The van der Waals surface area contributed by atoms with Gasteiger partial charge in [-0.25, -0.2) is 4.39 Å². The lowest BCUT2D eigenvalue weighted by atomic mass is 9.87. The minimum Gasteiger partial charge on any atom is -0.376 e. The maximum Gasteiger partial charge on any atom is 0.239 e. The Morgan fingerprint density at radius 1 is 1.00 bits per heavy atom. The van der Waals surface area contributed by atoms with E-state index in [1.54, 1.807) is 12.1 Å². The maximum absolute atomic E-state index is 12.8. The number of nitrogens with one attached hydrogen (secondary N) is 2. The molecule has 0 spiro atoms. The zero-order valence-electron chi connectivity index (χ0n) is 13.8. The molecule has 2 N–H and O–H groups in total. The molecule has 0 heterocycles. The first kappa shape index (κ1) is 17.0. The third-order valence-electron chi connectivity index (χ3n) is 3.61. The summed E-state index contributed by atoms with van der Waals surface area (Å²) in [5.74, 6) is -0.380. The number of hydrogen-bond acceptors (Lipinski definition) is 2. The Labute approximate surface area is 136 Å². The van der Waals surface area contributed by atoms with Gasteiger partial charge in [0, 0.05) is 12.2 Å². The Kier molecular flexibility index (Phi) is 5.37. The van der Waals surface area contributed by atoms with E-state index in [9.17, 15) is 9.18 Å². The largest absolute Gasteiger partial charge is 0.376 e. The van der Waals surface area contributed by atoms with Crippen LogP contribution in [0.15, 0.2) is 48.5 Å². The fourth-order valence-corrected chi connectivity index (χ4v) is 2.14. The van der Waals surface area contributed by atoms with Gasteiger partial charge < -0.3 is 10.6 Å². The van der Waals surface area contributed by atoms with Gasteiger partial charge in [-0.2, -0.15) is 0 Å². The predicted octanol–water partition coefficient (Wildman–Crippen LogP) is 3.85. The van der Waals surface area contributed by atoms with Gasteiger partial charge in [-0.1, -0.05) is 45.0 Å². The van der Waals surface area contributed by atoms with Crippen molar-refractivity contribution in [2.24, 2.45) is 0 Å². The summed E-state index contributed by atoms with van der Waals surface area (Å²) in [7, 11) is 0. The Bertz CT molecular complexity index is 643. The zero-order valence-corrected chi connectivity index (χ0v) is 13.8. The smallest absolute Gasteiger partial charge is 0.239 e. The van der Waals surface area contributed by atoms with E-state index in [0.717, 1.165) is 11.3 Å². The van der Waals surface area contributed by atoms with Crippen molar-refractivity contribution in [2.45, 2.75) is 32.7 Å². The van der Waals surface area contributed by atoms with Crippen molar-refractivity contribution in [1.82, 2.24) is 5.32 Å². The molecule has 0 aliphatic rings. The van der Waals surface area contributed by atoms with Crippen LogP contribution in [0.4, 0.5) is 10.1 Å². The molecule has 2 aromatic rings. The van der Waals surface area contributed by atoms with Gasteiger partial charge in [-0.3, -0.25) is 4.79 Å². The lowest BCUT2D eigenvalue weighted by molar-refractivity contribution is -0.119. The van der Waals surface area contributed by atoms with Crippen LogP contribution in [0.3, 0.4) is 0 Å². The third kappa shape index (κ3) is 5.40. The summed E-state index contributed by atoms with van der Waals surface area (Å²) in [6.07, 6.45) is 0. The molecule has 0 radical (unpaired) electrons. The van der Waals surface area contributed by atoms with E-state index in [2.05, 4.69) is 43.5 Å². The number of carbonyl (C=O) groups is 1. The molecule has 0 saturated heterocycles. The van der Waals surface area contributed by atoms with Crippen LogP contribution in [0.25, 0.3) is 0 Å². The highest BCUT2D eigenvalue weighted by molar-refractivity contribution is 5.80. The molecule has 0 aliphatic heterocycles. The van der Waals surface area contributed by atoms with Crippen LogP contribution in [0, 0.1) is 5.82 Å². The van der Waals surface area contributed by atoms with Crippen molar-refractivity contribution in [2.75, 3.05) is 11.9 Å². The van der Waals surface area contributed by atoms with Crippen LogP contribution < -0.4 is 10.6 Å². The molecule has 2 rings (SSSR count). The summed E-state index contributed by atoms with van der Waals surface area (Å²) >= 11 is 0. The fraction of sp³-hybridized carbons (Fsp3) is 0.316. The van der Waals surface area contributed by atoms with Crippen molar-refractivity contribution in [1.29, 1.82) is 0 Å². The Balaban J connectivity index is 1.79. The van der Waals surface area contributed by atoms with Crippen molar-refractivity contribution in [3.05, 3.63) is 65.5 Å². The number of carbonyl (C=O) groups excluding carboxylic acids is 1. The van der Waals surface area contributed by atoms with Crippen LogP contribution in [0.1, 0.15) is 31.9 Å². The van der Waals surface area contributed by atoms with Crippen molar-refractivity contribution >= 4 is 11.6 Å². The van der Waals surface area contributed by atoms with Crippen LogP contribution in [-0.4, -0.2) is 12.5 Å². The number of halogens is 1. The molecule has 23 heavy (non-hydrogen) atoms. The highest BCUT2D eigenvalue weighted by Crippen LogP contribution is 2.23. The van der Waals surface area contributed by atoms with Crippen molar-refractivity contribution < 1.29 is 9.18 Å². The number of benzene rings is 2. The van der Waals surface area contributed by atoms with E-state index in [1.165, 1.54) is 17.7 Å². The molecule has 0 unspecified atom stereocenters. The molecule has 3 nitrogen and oxygen atoms in total. The summed E-state index contributed by atoms with van der Waals surface area (Å²) in [5, 5.41) is 5.90. The SMILES string of the molecule is CC(C)(C)c1ccc(NCC(=O)NCc2ccc(F)cc2)cc1. The molecule has 0 aromatic heterocycles. The molecule has 0 bridgehead atoms. The quantitative estimate of drug-likeness (QED) is 0.880. The standard InChI is InChI=1S/C19H23FN2O/c1-19(2,3)15-6-10-17(11-7-15)21-13-18(23)22-12-14-4-8-16(20)9-5-14/h4-11,21H,12-13H2,1-3H3,(H,22,23). The summed E-state index contributed by atoms with van der Waals surface area (Å²) in [6, 6.07) is 14.2. The number of amides is 1. The maximum atomic E-state index is 12.8. The predicted molar refractivity (Wildman–Crippen MR) is 91.9 cm³/mol. The molecule has 0 fully saturated rings. The monoisotopic (exact) mass is 314 g/mol. The second-order valence-corrected chi connectivity index (χ2v) is 6.58. The molecule has 0 atom stereocenters. The van der Waals surface area contributed by atoms with E-state index in [-0.39, 0.29) is 23.7 Å². The molecule has 122 valence electrons. The normalized spacial score (nSPS) is 11.1. The van der Waals surface area contributed by atoms with Gasteiger partial charge in [-0.15, -0.1) is 0 Å². The lowest BCUT2D eigenvalue weighted by Crippen LogP contribution is -2.29. The van der Waals surface area contributed by atoms with Gasteiger partial charge in [0.1, 0.15) is 5.82 Å². The van der Waals surface area contributed by atoms with E-state index in [4.69, 9.17) is 0 Å². The first-order valence-corrected chi connectivity index (χ1v) is 7.70. The molecule has 0 aliphatic carbocycles. The van der Waals surface area contributed by atoms with Gasteiger partial charge in [0.15, 0.2) is 0 Å². The highest BCUT2D eigenvalue weighted by atomic mass is 19.1. The lowest BCUT2D eigenvalue weighted by Gasteiger charge is -2.19. The number of rotatable bonds is 5. The molecule has 4 heteroatoms. The Morgan fingerprint density at radius 3 is 2.17 bits per heavy atom. The van der Waals surface area contributed by atoms with Gasteiger partial charge in [0.2, 0.25) is 5.91 Å². The number of anilines is 1. The minimum atomic E-state index is -0.277. The second kappa shape index (κ2) is 7.27. The molecular weight excluding hydrogens is 291 g/mol. The van der Waals surface area contributed by atoms with Crippen molar-refractivity contribution in [3.8, 4) is 0 Å². The first-order valence-electron chi connectivity index (χ1n) is 7.70. The van der Waals surface area contributed by atoms with E-state index < -0.39 is 0 Å². The molecule has 2 aromatic carbocycles. The summed E-state index contributed by atoms with van der Waals surface area (Å²) in [4.78, 5) is 11.8. The van der Waals surface area contributed by atoms with Crippen LogP contribution in [0.5, 0.6) is 0 Å². The van der Waals surface area contributed by atoms with Gasteiger partial charge in [-0.05, 0) is 40.8 Å². The third-order valence-corrected chi connectivity index (χ3v) is 3.61. The molecule has 0 saturated carbocycles. The van der Waals surface area contributed by atoms with Crippen molar-refractivity contribution in [3.63, 3.8) is 0 Å². The van der Waals surface area contributed by atoms with Gasteiger partial charge >= 0.3 is 0 Å². The average Bonchev–Trinajstić information content (AvgIpc) is 2.52. The van der Waals surface area contributed by atoms with Crippen LogP contribution in [-0.2, 0) is 16.8 Å². The highest BCUT2D eigenvalue weighted by Gasteiger charge is 2.12. The summed E-state index contributed by atoms with van der Waals surface area (Å²) < 4.78 is 12.8. The molecular formula is C19H23FN2O. The number of hydrogen-bond donors (Lipinski definition) is 2. The van der Waals surface area contributed by atoms with E-state index >= 15 is 0 Å². The second-order valence-electron chi connectivity index (χ2n) is 6.58. The van der Waals surface area contributed by atoms with Gasteiger partial charge in [0.25, 0.3) is 0 Å². The molecule has 1 amide bonds. The minimum absolute atomic E-state index is 0.103. The fourth-order valence-electron chi connectivity index (χ4n) is 2.14. The Hall–Kier alpha value is -2.36. The van der Waals surface area contributed by atoms with Crippen LogP contribution in [0.2, 0.25) is 0 Å².